The molecule has 0 fully saturated rings. The van der Waals surface area contributed by atoms with Crippen molar-refractivity contribution in [3.05, 3.63) is 23.8 Å². The van der Waals surface area contributed by atoms with Crippen molar-refractivity contribution in [2.45, 2.75) is 31.2 Å². The summed E-state index contributed by atoms with van der Waals surface area (Å²) in [7, 11) is 0.511. The van der Waals surface area contributed by atoms with Crippen molar-refractivity contribution in [2.24, 2.45) is 11.7 Å². The standard InChI is InChI=1S/C16H27N3O4S/c1-11(2)8-13(10-17)18-16(20)12-6-7-14(23-5)15(9-12)24(21,22)19(3)4/h6-7,9,11,13H,8,10,17H2,1-5H3,(H,18,20). The average molecular weight is 357 g/mol. The molecule has 1 aromatic carbocycles. The molecule has 0 aliphatic carbocycles. The van der Waals surface area contributed by atoms with Crippen LogP contribution in [-0.2, 0) is 10.0 Å². The third-order valence-electron chi connectivity index (χ3n) is 3.56. The van der Waals surface area contributed by atoms with Gasteiger partial charge in [0.2, 0.25) is 10.0 Å². The molecule has 0 radical (unpaired) electrons. The van der Waals surface area contributed by atoms with Crippen LogP contribution in [0.4, 0.5) is 0 Å². The van der Waals surface area contributed by atoms with Crippen LogP contribution in [0.2, 0.25) is 0 Å². The van der Waals surface area contributed by atoms with Crippen LogP contribution < -0.4 is 15.8 Å². The molecule has 1 atom stereocenters. The SMILES string of the molecule is COc1ccc(C(=O)NC(CN)CC(C)C)cc1S(=O)(=O)N(C)C. The molecular weight excluding hydrogens is 330 g/mol. The minimum Gasteiger partial charge on any atom is -0.495 e. The van der Waals surface area contributed by atoms with Gasteiger partial charge in [0.25, 0.3) is 5.91 Å². The third-order valence-corrected chi connectivity index (χ3v) is 5.40. The van der Waals surface area contributed by atoms with E-state index in [1.807, 2.05) is 13.8 Å². The van der Waals surface area contributed by atoms with Gasteiger partial charge in [-0.2, -0.15) is 0 Å². The highest BCUT2D eigenvalue weighted by Crippen LogP contribution is 2.27. The average Bonchev–Trinajstić information content (AvgIpc) is 2.52. The maximum atomic E-state index is 12.4. The van der Waals surface area contributed by atoms with Gasteiger partial charge in [0.15, 0.2) is 0 Å². The van der Waals surface area contributed by atoms with Crippen molar-refractivity contribution in [1.29, 1.82) is 0 Å². The Balaban J connectivity index is 3.16. The molecule has 0 aliphatic heterocycles. The zero-order valence-corrected chi connectivity index (χ0v) is 15.7. The fraction of sp³-hybridized carbons (Fsp3) is 0.562. The van der Waals surface area contributed by atoms with E-state index in [1.165, 1.54) is 39.4 Å². The van der Waals surface area contributed by atoms with Crippen LogP contribution in [0.5, 0.6) is 5.75 Å². The lowest BCUT2D eigenvalue weighted by Gasteiger charge is -2.20. The summed E-state index contributed by atoms with van der Waals surface area (Å²) >= 11 is 0. The number of carbonyl (C=O) groups is 1. The van der Waals surface area contributed by atoms with E-state index in [-0.39, 0.29) is 28.2 Å². The second-order valence-corrected chi connectivity index (χ2v) is 8.31. The lowest BCUT2D eigenvalue weighted by molar-refractivity contribution is 0.0933. The van der Waals surface area contributed by atoms with Gasteiger partial charge in [0.1, 0.15) is 10.6 Å². The molecule has 0 aromatic heterocycles. The quantitative estimate of drug-likeness (QED) is 0.724. The molecular formula is C16H27N3O4S. The first-order valence-electron chi connectivity index (χ1n) is 7.75. The molecule has 0 bridgehead atoms. The lowest BCUT2D eigenvalue weighted by atomic mass is 10.0. The Morgan fingerprint density at radius 2 is 1.96 bits per heavy atom. The van der Waals surface area contributed by atoms with E-state index < -0.39 is 10.0 Å². The Labute approximate surface area is 144 Å². The predicted octanol–water partition coefficient (Wildman–Crippen LogP) is 1.05. The van der Waals surface area contributed by atoms with Gasteiger partial charge in [0.05, 0.1) is 7.11 Å². The van der Waals surface area contributed by atoms with Crippen molar-refractivity contribution in [2.75, 3.05) is 27.7 Å². The Hall–Kier alpha value is -1.64. The minimum atomic E-state index is -3.73. The topological polar surface area (TPSA) is 102 Å². The summed E-state index contributed by atoms with van der Waals surface area (Å²) in [5.74, 6) is 0.223. The summed E-state index contributed by atoms with van der Waals surface area (Å²) in [4.78, 5) is 12.4. The second kappa shape index (κ2) is 8.46. The highest BCUT2D eigenvalue weighted by Gasteiger charge is 2.24. The van der Waals surface area contributed by atoms with Crippen molar-refractivity contribution in [1.82, 2.24) is 9.62 Å². The first-order valence-corrected chi connectivity index (χ1v) is 9.19. The fourth-order valence-electron chi connectivity index (χ4n) is 2.27. The lowest BCUT2D eigenvalue weighted by Crippen LogP contribution is -2.41. The molecule has 24 heavy (non-hydrogen) atoms. The van der Waals surface area contributed by atoms with Crippen molar-refractivity contribution < 1.29 is 17.9 Å². The number of benzene rings is 1. The van der Waals surface area contributed by atoms with Gasteiger partial charge in [-0.1, -0.05) is 13.8 Å². The van der Waals surface area contributed by atoms with E-state index in [9.17, 15) is 13.2 Å². The summed E-state index contributed by atoms with van der Waals surface area (Å²) < 4.78 is 31.0. The van der Waals surface area contributed by atoms with Gasteiger partial charge < -0.3 is 15.8 Å². The summed E-state index contributed by atoms with van der Waals surface area (Å²) in [5.41, 5.74) is 5.94. The predicted molar refractivity (Wildman–Crippen MR) is 93.6 cm³/mol. The van der Waals surface area contributed by atoms with Crippen LogP contribution in [0.1, 0.15) is 30.6 Å². The number of amides is 1. The van der Waals surface area contributed by atoms with E-state index in [0.29, 0.717) is 12.5 Å². The van der Waals surface area contributed by atoms with Gasteiger partial charge in [-0.15, -0.1) is 0 Å². The molecule has 1 amide bonds. The molecule has 0 saturated carbocycles. The van der Waals surface area contributed by atoms with Crippen molar-refractivity contribution in [3.8, 4) is 5.75 Å². The number of nitrogens with two attached hydrogens (primary N) is 1. The van der Waals surface area contributed by atoms with Crippen LogP contribution in [0.25, 0.3) is 0 Å². The monoisotopic (exact) mass is 357 g/mol. The largest absolute Gasteiger partial charge is 0.495 e. The van der Waals surface area contributed by atoms with E-state index in [0.717, 1.165) is 10.7 Å². The number of carbonyl (C=O) groups excluding carboxylic acids is 1. The molecule has 1 aromatic rings. The zero-order chi connectivity index (χ0) is 18.5. The van der Waals surface area contributed by atoms with Gasteiger partial charge in [0, 0.05) is 32.2 Å². The number of hydrogen-bond acceptors (Lipinski definition) is 5. The molecule has 3 N–H and O–H groups in total. The first kappa shape index (κ1) is 20.4. The first-order chi connectivity index (χ1) is 11.1. The highest BCUT2D eigenvalue weighted by molar-refractivity contribution is 7.89. The van der Waals surface area contributed by atoms with Gasteiger partial charge in [-0.25, -0.2) is 12.7 Å². The van der Waals surface area contributed by atoms with Gasteiger partial charge in [-0.05, 0) is 30.5 Å². The van der Waals surface area contributed by atoms with Crippen LogP contribution >= 0.6 is 0 Å². The Morgan fingerprint density at radius 1 is 1.33 bits per heavy atom. The Kier molecular flexibility index (Phi) is 7.19. The number of hydrogen-bond donors (Lipinski definition) is 2. The number of nitrogens with zero attached hydrogens (tertiary/aromatic N) is 1. The number of methoxy groups -OCH3 is 1. The number of rotatable bonds is 8. The summed E-state index contributed by atoms with van der Waals surface area (Å²) in [6.45, 7) is 4.41. The number of nitrogens with one attached hydrogen (secondary N) is 1. The molecule has 0 saturated heterocycles. The molecule has 7 nitrogen and oxygen atoms in total. The van der Waals surface area contributed by atoms with Crippen LogP contribution in [0.3, 0.4) is 0 Å². The zero-order valence-electron chi connectivity index (χ0n) is 14.9. The van der Waals surface area contributed by atoms with Crippen molar-refractivity contribution >= 4 is 15.9 Å². The molecule has 0 spiro atoms. The molecule has 0 aliphatic rings. The van der Waals surface area contributed by atoms with Gasteiger partial charge in [-0.3, -0.25) is 4.79 Å². The van der Waals surface area contributed by atoms with Gasteiger partial charge >= 0.3 is 0 Å². The number of ether oxygens (including phenoxy) is 1. The molecule has 8 heteroatoms. The molecule has 136 valence electrons. The Bertz CT molecular complexity index is 672. The highest BCUT2D eigenvalue weighted by atomic mass is 32.2. The van der Waals surface area contributed by atoms with E-state index in [1.54, 1.807) is 0 Å². The molecule has 1 unspecified atom stereocenters. The fourth-order valence-corrected chi connectivity index (χ4v) is 3.34. The van der Waals surface area contributed by atoms with Crippen LogP contribution in [0, 0.1) is 5.92 Å². The van der Waals surface area contributed by atoms with Crippen LogP contribution in [-0.4, -0.2) is 52.4 Å². The maximum Gasteiger partial charge on any atom is 0.251 e. The third kappa shape index (κ3) is 4.93. The van der Waals surface area contributed by atoms with E-state index in [4.69, 9.17) is 10.5 Å². The summed E-state index contributed by atoms with van der Waals surface area (Å²) in [6, 6.07) is 4.18. The normalized spacial score (nSPS) is 13.2. The summed E-state index contributed by atoms with van der Waals surface area (Å²) in [6.07, 6.45) is 0.751. The van der Waals surface area contributed by atoms with Crippen LogP contribution in [0.15, 0.2) is 23.1 Å². The maximum absolute atomic E-state index is 12.4. The summed E-state index contributed by atoms with van der Waals surface area (Å²) in [5, 5.41) is 2.85. The molecule has 1 rings (SSSR count). The molecule has 0 heterocycles. The van der Waals surface area contributed by atoms with E-state index in [2.05, 4.69) is 5.32 Å². The van der Waals surface area contributed by atoms with Crippen molar-refractivity contribution in [3.63, 3.8) is 0 Å². The minimum absolute atomic E-state index is 0.0455. The Morgan fingerprint density at radius 3 is 2.42 bits per heavy atom. The number of sulfonamides is 1. The second-order valence-electron chi connectivity index (χ2n) is 6.19. The smallest absolute Gasteiger partial charge is 0.251 e. The van der Waals surface area contributed by atoms with E-state index >= 15 is 0 Å².